The van der Waals surface area contributed by atoms with Crippen molar-refractivity contribution in [2.45, 2.75) is 58.5 Å². The molecule has 3 aromatic carbocycles. The maximum Gasteiger partial charge on any atom is 0.247 e. The third-order valence-electron chi connectivity index (χ3n) is 9.24. The van der Waals surface area contributed by atoms with Crippen molar-refractivity contribution in [3.63, 3.8) is 0 Å². The van der Waals surface area contributed by atoms with E-state index < -0.39 is 22.1 Å². The van der Waals surface area contributed by atoms with Crippen LogP contribution in [0.15, 0.2) is 53.3 Å². The van der Waals surface area contributed by atoms with Gasteiger partial charge in [0.25, 0.3) is 0 Å². The highest BCUT2D eigenvalue weighted by molar-refractivity contribution is 7.93. The molecular formula is C36H44N4O8S. The SMILES string of the molecule is CC[C@H](C)[C@@H](Nc1ccc2c(cc1=O)[C@H](NC(C)=O)CCc1cc(OC)c(OC)c(OC)c1-2)C(=O)Nc1ccc(N2CCCS2(=O)=O)cc1. The molecule has 0 radical (unpaired) electrons. The number of methoxy groups -OCH3 is 3. The second kappa shape index (κ2) is 14.8. The third-order valence-corrected chi connectivity index (χ3v) is 11.1. The highest BCUT2D eigenvalue weighted by Crippen LogP contribution is 2.50. The van der Waals surface area contributed by atoms with Crippen LogP contribution in [0.3, 0.4) is 0 Å². The molecule has 49 heavy (non-hydrogen) atoms. The number of anilines is 3. The van der Waals surface area contributed by atoms with E-state index in [9.17, 15) is 22.8 Å². The molecule has 1 aliphatic heterocycles. The molecule has 0 bridgehead atoms. The summed E-state index contributed by atoms with van der Waals surface area (Å²) < 4.78 is 43.2. The van der Waals surface area contributed by atoms with E-state index in [2.05, 4.69) is 16.0 Å². The molecule has 5 rings (SSSR count). The standard InChI is InChI=1S/C36H44N4O8S/c1-7-21(2)33(36(43)38-24-10-12-25(13-11-24)40-17-8-18-49(40,44)45)39-29-16-14-26-27(20-30(29)42)28(37-22(3)41)15-9-23-19-31(46-4)34(47-5)35(48-6)32(23)26/h10-14,16,19-21,28,33H,7-9,15,17-18H2,1-6H3,(H,37,41)(H,38,43)(H,39,42)/t21-,28+,33+/m0/s1. The van der Waals surface area contributed by atoms with Crippen molar-refractivity contribution in [1.82, 2.24) is 5.32 Å². The van der Waals surface area contributed by atoms with Gasteiger partial charge in [0.1, 0.15) is 6.04 Å². The maximum atomic E-state index is 13.9. The van der Waals surface area contributed by atoms with Crippen molar-refractivity contribution < 1.29 is 32.2 Å². The molecule has 0 unspecified atom stereocenters. The van der Waals surface area contributed by atoms with Gasteiger partial charge in [-0.3, -0.25) is 18.7 Å². The molecular weight excluding hydrogens is 648 g/mol. The summed E-state index contributed by atoms with van der Waals surface area (Å²) in [6, 6.07) is 12.3. The molecule has 0 spiro atoms. The Morgan fingerprint density at radius 3 is 2.31 bits per heavy atom. The first-order valence-corrected chi connectivity index (χ1v) is 18.0. The number of nitrogens with one attached hydrogen (secondary N) is 3. The van der Waals surface area contributed by atoms with Gasteiger partial charge in [0.05, 0.1) is 44.5 Å². The van der Waals surface area contributed by atoms with Crippen molar-refractivity contribution in [2.24, 2.45) is 5.92 Å². The Morgan fingerprint density at radius 2 is 1.71 bits per heavy atom. The largest absolute Gasteiger partial charge is 0.493 e. The number of hydrogen-bond donors (Lipinski definition) is 3. The molecule has 3 N–H and O–H groups in total. The van der Waals surface area contributed by atoms with E-state index in [0.717, 1.165) is 11.1 Å². The topological polar surface area (TPSA) is 152 Å². The first kappa shape index (κ1) is 35.5. The number of sulfonamides is 1. The number of nitrogens with zero attached hydrogens (tertiary/aromatic N) is 1. The number of benzene rings is 2. The van der Waals surface area contributed by atoms with Gasteiger partial charge in [0.15, 0.2) is 11.5 Å². The van der Waals surface area contributed by atoms with Gasteiger partial charge in [0, 0.05) is 24.7 Å². The zero-order valence-electron chi connectivity index (χ0n) is 28.7. The Labute approximate surface area is 287 Å². The van der Waals surface area contributed by atoms with E-state index in [4.69, 9.17) is 14.2 Å². The smallest absolute Gasteiger partial charge is 0.247 e. The maximum absolute atomic E-state index is 13.9. The van der Waals surface area contributed by atoms with Crippen LogP contribution in [0.4, 0.5) is 17.1 Å². The summed E-state index contributed by atoms with van der Waals surface area (Å²) in [5, 5.41) is 9.15. The fourth-order valence-corrected chi connectivity index (χ4v) is 8.12. The van der Waals surface area contributed by atoms with Crippen LogP contribution >= 0.6 is 0 Å². The molecule has 3 atom stereocenters. The quantitative estimate of drug-likeness (QED) is 0.256. The molecule has 12 nitrogen and oxygen atoms in total. The Hall–Kier alpha value is -4.78. The van der Waals surface area contributed by atoms with Gasteiger partial charge in [-0.05, 0) is 84.3 Å². The van der Waals surface area contributed by atoms with Gasteiger partial charge in [0.2, 0.25) is 33.0 Å². The third kappa shape index (κ3) is 7.31. The zero-order valence-corrected chi connectivity index (χ0v) is 29.5. The normalized spacial score (nSPS) is 17.4. The fraction of sp³-hybridized carbons (Fsp3) is 0.417. The number of carbonyl (C=O) groups is 2. The molecule has 1 fully saturated rings. The van der Waals surface area contributed by atoms with E-state index >= 15 is 0 Å². The monoisotopic (exact) mass is 692 g/mol. The Kier molecular flexibility index (Phi) is 10.7. The highest BCUT2D eigenvalue weighted by Gasteiger charge is 2.31. The van der Waals surface area contributed by atoms with Gasteiger partial charge >= 0.3 is 0 Å². The van der Waals surface area contributed by atoms with Crippen molar-refractivity contribution in [1.29, 1.82) is 0 Å². The number of carbonyl (C=O) groups excluding carboxylic acids is 2. The minimum atomic E-state index is -3.33. The molecule has 0 saturated carbocycles. The van der Waals surface area contributed by atoms with E-state index in [0.29, 0.717) is 72.0 Å². The molecule has 2 aliphatic rings. The van der Waals surface area contributed by atoms with Gasteiger partial charge < -0.3 is 30.2 Å². The molecule has 3 aromatic rings. The first-order chi connectivity index (χ1) is 23.4. The highest BCUT2D eigenvalue weighted by atomic mass is 32.2. The second-order valence-electron chi connectivity index (χ2n) is 12.4. The summed E-state index contributed by atoms with van der Waals surface area (Å²) in [5.41, 5.74) is 3.84. The van der Waals surface area contributed by atoms with Gasteiger partial charge in [-0.25, -0.2) is 8.42 Å². The molecule has 1 aliphatic carbocycles. The molecule has 0 aromatic heterocycles. The van der Waals surface area contributed by atoms with Crippen LogP contribution < -0.4 is 39.9 Å². The Bertz CT molecular complexity index is 1900. The summed E-state index contributed by atoms with van der Waals surface area (Å²) >= 11 is 0. The summed E-state index contributed by atoms with van der Waals surface area (Å²) in [4.78, 5) is 40.0. The lowest BCUT2D eigenvalue weighted by atomic mass is 9.95. The molecule has 2 amide bonds. The molecule has 13 heteroatoms. The second-order valence-corrected chi connectivity index (χ2v) is 14.4. The van der Waals surface area contributed by atoms with Crippen LogP contribution in [0.2, 0.25) is 0 Å². The van der Waals surface area contributed by atoms with Gasteiger partial charge in [-0.1, -0.05) is 26.3 Å². The molecule has 262 valence electrons. The summed E-state index contributed by atoms with van der Waals surface area (Å²) in [6.07, 6.45) is 2.31. The van der Waals surface area contributed by atoms with Crippen LogP contribution in [0.1, 0.15) is 57.2 Å². The summed E-state index contributed by atoms with van der Waals surface area (Å²) in [6.45, 7) is 5.76. The molecule has 1 heterocycles. The average molecular weight is 693 g/mol. The predicted molar refractivity (Wildman–Crippen MR) is 190 cm³/mol. The van der Waals surface area contributed by atoms with Crippen LogP contribution in [0.5, 0.6) is 17.2 Å². The number of rotatable bonds is 11. The van der Waals surface area contributed by atoms with Gasteiger partial charge in [-0.2, -0.15) is 0 Å². The van der Waals surface area contributed by atoms with Crippen LogP contribution in [0, 0.1) is 5.92 Å². The number of aryl methyl sites for hydroxylation is 1. The van der Waals surface area contributed by atoms with Crippen LogP contribution in [0.25, 0.3) is 11.1 Å². The van der Waals surface area contributed by atoms with Crippen molar-refractivity contribution in [3.05, 3.63) is 69.9 Å². The summed E-state index contributed by atoms with van der Waals surface area (Å²) in [5.74, 6) is 0.730. The lowest BCUT2D eigenvalue weighted by Crippen LogP contribution is -2.40. The Balaban J connectivity index is 1.53. The van der Waals surface area contributed by atoms with Crippen molar-refractivity contribution in [3.8, 4) is 28.4 Å². The zero-order chi connectivity index (χ0) is 35.5. The van der Waals surface area contributed by atoms with E-state index in [1.165, 1.54) is 24.4 Å². The minimum Gasteiger partial charge on any atom is -0.493 e. The first-order valence-electron chi connectivity index (χ1n) is 16.4. The number of fused-ring (bicyclic) bond motifs is 3. The van der Waals surface area contributed by atoms with E-state index in [-0.39, 0.29) is 34.6 Å². The van der Waals surface area contributed by atoms with Gasteiger partial charge in [-0.15, -0.1) is 0 Å². The lowest BCUT2D eigenvalue weighted by Gasteiger charge is -2.24. The van der Waals surface area contributed by atoms with E-state index in [1.54, 1.807) is 44.6 Å². The van der Waals surface area contributed by atoms with Crippen LogP contribution in [-0.4, -0.2) is 59.9 Å². The minimum absolute atomic E-state index is 0.118. The fourth-order valence-electron chi connectivity index (χ4n) is 6.56. The lowest BCUT2D eigenvalue weighted by molar-refractivity contribution is -0.120. The van der Waals surface area contributed by atoms with Crippen molar-refractivity contribution >= 4 is 38.9 Å². The predicted octanol–water partition coefficient (Wildman–Crippen LogP) is 4.87. The van der Waals surface area contributed by atoms with Crippen molar-refractivity contribution in [2.75, 3.05) is 48.6 Å². The summed E-state index contributed by atoms with van der Waals surface area (Å²) in [7, 11) is 1.29. The average Bonchev–Trinajstić information content (AvgIpc) is 3.27. The number of ether oxygens (including phenoxy) is 3. The Morgan fingerprint density at radius 1 is 1.00 bits per heavy atom. The van der Waals surface area contributed by atoms with E-state index in [1.807, 2.05) is 26.0 Å². The number of hydrogen-bond acceptors (Lipinski definition) is 9. The number of amides is 2. The molecule has 1 saturated heterocycles. The van der Waals surface area contributed by atoms with Crippen LogP contribution in [-0.2, 0) is 26.0 Å².